The smallest absolute Gasteiger partial charge is 0.0480 e. The van der Waals surface area contributed by atoms with Crippen molar-refractivity contribution in [3.05, 3.63) is 0 Å². The Labute approximate surface area is 74.4 Å². The lowest BCUT2D eigenvalue weighted by Crippen LogP contribution is -2.37. The monoisotopic (exact) mass is 172 g/mol. The molecule has 0 fully saturated rings. The number of nitrogens with one attached hydrogen (secondary N) is 1. The van der Waals surface area contributed by atoms with Crippen molar-refractivity contribution in [1.82, 2.24) is 4.90 Å². The molecule has 4 heteroatoms. The van der Waals surface area contributed by atoms with E-state index in [2.05, 4.69) is 0 Å². The van der Waals surface area contributed by atoms with Gasteiger partial charge in [-0.3, -0.25) is 0 Å². The molecule has 0 bridgehead atoms. The van der Waals surface area contributed by atoms with Gasteiger partial charge in [-0.25, -0.2) is 0 Å². The summed E-state index contributed by atoms with van der Waals surface area (Å²) in [6.45, 7) is 1.17. The number of hydrogen-bond acceptors (Lipinski definition) is 4. The van der Waals surface area contributed by atoms with Gasteiger partial charge in [0.2, 0.25) is 0 Å². The van der Waals surface area contributed by atoms with Crippen molar-refractivity contribution in [2.45, 2.75) is 18.9 Å². The lowest BCUT2D eigenvalue weighted by atomic mass is 10.0. The van der Waals surface area contributed by atoms with Crippen LogP contribution in [0.2, 0.25) is 0 Å². The Hall–Kier alpha value is -0.450. The molecule has 4 nitrogen and oxygen atoms in total. The molecule has 0 aromatic heterocycles. The molecule has 5 N–H and O–H groups in total. The summed E-state index contributed by atoms with van der Waals surface area (Å²) in [4.78, 5) is 2.02. The van der Waals surface area contributed by atoms with Gasteiger partial charge in [0.15, 0.2) is 0 Å². The minimum Gasteiger partial charge on any atom is -0.330 e. The number of nitrogens with two attached hydrogens (primary N) is 2. The van der Waals surface area contributed by atoms with E-state index in [0.717, 1.165) is 6.42 Å². The fourth-order valence-electron chi connectivity index (χ4n) is 1.22. The van der Waals surface area contributed by atoms with Crippen LogP contribution in [0.15, 0.2) is 0 Å². The second kappa shape index (κ2) is 6.11. The van der Waals surface area contributed by atoms with E-state index in [1.165, 1.54) is 0 Å². The summed E-state index contributed by atoms with van der Waals surface area (Å²) in [5.74, 6) is 0. The molecule has 12 heavy (non-hydrogen) atoms. The highest BCUT2D eigenvalue weighted by Gasteiger charge is 2.14. The van der Waals surface area contributed by atoms with Gasteiger partial charge in [-0.15, -0.1) is 0 Å². The first-order valence-electron chi connectivity index (χ1n) is 4.27. The molecule has 0 radical (unpaired) electrons. The summed E-state index contributed by atoms with van der Waals surface area (Å²) in [7, 11) is 3.93. The molecule has 72 valence electrons. The van der Waals surface area contributed by atoms with Crippen molar-refractivity contribution in [2.24, 2.45) is 11.5 Å². The lowest BCUT2D eigenvalue weighted by Gasteiger charge is -2.24. The minimum absolute atomic E-state index is 0.165. The Morgan fingerprint density at radius 3 is 2.25 bits per heavy atom. The van der Waals surface area contributed by atoms with Gasteiger partial charge in [0.1, 0.15) is 0 Å². The van der Waals surface area contributed by atoms with E-state index in [1.807, 2.05) is 19.0 Å². The predicted molar refractivity (Wildman–Crippen MR) is 52.5 cm³/mol. The molecular formula is C8H20N4. The van der Waals surface area contributed by atoms with Gasteiger partial charge < -0.3 is 21.8 Å². The standard InChI is InChI=1S/C8H20N4/c1-12(2)8(4-6-10)7(11)3-5-9/h8,11H,3-6,9-10H2,1-2H3. The topological polar surface area (TPSA) is 79.1 Å². The van der Waals surface area contributed by atoms with Crippen LogP contribution in [0, 0.1) is 5.41 Å². The second-order valence-corrected chi connectivity index (χ2v) is 3.12. The Balaban J connectivity index is 4.00. The summed E-state index contributed by atoms with van der Waals surface area (Å²) in [6, 6.07) is 0.165. The first kappa shape index (κ1) is 11.6. The predicted octanol–water partition coefficient (Wildman–Crippen LogP) is -0.366. The fourth-order valence-corrected chi connectivity index (χ4v) is 1.22. The molecule has 0 saturated carbocycles. The Kier molecular flexibility index (Phi) is 5.88. The molecule has 1 atom stereocenters. The van der Waals surface area contributed by atoms with Gasteiger partial charge in [0.25, 0.3) is 0 Å². The molecule has 0 rings (SSSR count). The SMILES string of the molecule is CN(C)C(CCN)C(=N)CCN. The molecule has 0 saturated heterocycles. The van der Waals surface area contributed by atoms with Crippen molar-refractivity contribution < 1.29 is 0 Å². The highest BCUT2D eigenvalue weighted by Crippen LogP contribution is 2.02. The van der Waals surface area contributed by atoms with E-state index >= 15 is 0 Å². The third-order valence-electron chi connectivity index (χ3n) is 1.88. The zero-order chi connectivity index (χ0) is 9.56. The van der Waals surface area contributed by atoms with Crippen LogP contribution in [0.5, 0.6) is 0 Å². The van der Waals surface area contributed by atoms with Crippen molar-refractivity contribution in [3.8, 4) is 0 Å². The highest BCUT2D eigenvalue weighted by molar-refractivity contribution is 5.86. The van der Waals surface area contributed by atoms with Crippen LogP contribution in [0.25, 0.3) is 0 Å². The van der Waals surface area contributed by atoms with E-state index in [-0.39, 0.29) is 6.04 Å². The largest absolute Gasteiger partial charge is 0.330 e. The molecule has 0 amide bonds. The second-order valence-electron chi connectivity index (χ2n) is 3.12. The molecule has 0 aromatic carbocycles. The molecule has 0 aliphatic heterocycles. The molecule has 1 unspecified atom stereocenters. The van der Waals surface area contributed by atoms with Crippen LogP contribution < -0.4 is 11.5 Å². The number of hydrogen-bond donors (Lipinski definition) is 3. The van der Waals surface area contributed by atoms with E-state index in [1.54, 1.807) is 0 Å². The zero-order valence-electron chi connectivity index (χ0n) is 8.01. The van der Waals surface area contributed by atoms with Crippen LogP contribution >= 0.6 is 0 Å². The van der Waals surface area contributed by atoms with E-state index in [0.29, 0.717) is 25.2 Å². The minimum atomic E-state index is 0.165. The first-order valence-corrected chi connectivity index (χ1v) is 4.27. The fraction of sp³-hybridized carbons (Fsp3) is 0.875. The number of nitrogens with zero attached hydrogens (tertiary/aromatic N) is 1. The maximum Gasteiger partial charge on any atom is 0.0480 e. The van der Waals surface area contributed by atoms with Crippen molar-refractivity contribution in [1.29, 1.82) is 5.41 Å². The molecular weight excluding hydrogens is 152 g/mol. The van der Waals surface area contributed by atoms with Gasteiger partial charge >= 0.3 is 0 Å². The maximum absolute atomic E-state index is 7.70. The molecule has 0 aromatic rings. The summed E-state index contributed by atoms with van der Waals surface area (Å²) >= 11 is 0. The quantitative estimate of drug-likeness (QED) is 0.478. The van der Waals surface area contributed by atoms with Crippen LogP contribution in [0.4, 0.5) is 0 Å². The van der Waals surface area contributed by atoms with E-state index in [9.17, 15) is 0 Å². The normalized spacial score (nSPS) is 13.4. The van der Waals surface area contributed by atoms with Gasteiger partial charge in [0, 0.05) is 11.8 Å². The van der Waals surface area contributed by atoms with Crippen LogP contribution in [0.1, 0.15) is 12.8 Å². The Morgan fingerprint density at radius 1 is 1.33 bits per heavy atom. The maximum atomic E-state index is 7.70. The van der Waals surface area contributed by atoms with Gasteiger partial charge in [-0.1, -0.05) is 0 Å². The third-order valence-corrected chi connectivity index (χ3v) is 1.88. The van der Waals surface area contributed by atoms with E-state index < -0.39 is 0 Å². The van der Waals surface area contributed by atoms with Crippen LogP contribution in [-0.2, 0) is 0 Å². The molecule has 0 aliphatic carbocycles. The van der Waals surface area contributed by atoms with Gasteiger partial charge in [0.05, 0.1) is 0 Å². The summed E-state index contributed by atoms with van der Waals surface area (Å²) < 4.78 is 0. The van der Waals surface area contributed by atoms with Crippen LogP contribution in [-0.4, -0.2) is 43.8 Å². The van der Waals surface area contributed by atoms with Crippen molar-refractivity contribution in [2.75, 3.05) is 27.2 Å². The summed E-state index contributed by atoms with van der Waals surface area (Å²) in [6.07, 6.45) is 1.51. The molecule has 0 spiro atoms. The van der Waals surface area contributed by atoms with Gasteiger partial charge in [-0.2, -0.15) is 0 Å². The summed E-state index contributed by atoms with van der Waals surface area (Å²) in [5.41, 5.74) is 11.5. The molecule has 0 heterocycles. The summed E-state index contributed by atoms with van der Waals surface area (Å²) in [5, 5.41) is 7.70. The average molecular weight is 172 g/mol. The molecule has 0 aliphatic rings. The van der Waals surface area contributed by atoms with Crippen molar-refractivity contribution >= 4 is 5.71 Å². The highest BCUT2D eigenvalue weighted by atomic mass is 15.1. The van der Waals surface area contributed by atoms with Gasteiger partial charge in [-0.05, 0) is 40.0 Å². The average Bonchev–Trinajstić information content (AvgIpc) is 1.99. The van der Waals surface area contributed by atoms with E-state index in [4.69, 9.17) is 16.9 Å². The Morgan fingerprint density at radius 2 is 1.92 bits per heavy atom. The third kappa shape index (κ3) is 3.80. The lowest BCUT2D eigenvalue weighted by molar-refractivity contribution is 0.345. The van der Waals surface area contributed by atoms with Crippen LogP contribution in [0.3, 0.4) is 0 Å². The zero-order valence-corrected chi connectivity index (χ0v) is 8.01. The number of rotatable bonds is 6. The first-order chi connectivity index (χ1) is 5.63. The Bertz CT molecular complexity index is 133. The van der Waals surface area contributed by atoms with Crippen molar-refractivity contribution in [3.63, 3.8) is 0 Å².